The van der Waals surface area contributed by atoms with Gasteiger partial charge in [-0.3, -0.25) is 9.08 Å². The van der Waals surface area contributed by atoms with E-state index in [0.717, 1.165) is 30.7 Å². The molecule has 1 fully saturated rings. The Kier molecular flexibility index (Phi) is 27.8. The molecule has 84 heavy (non-hydrogen) atoms. The number of ether oxygens (including phenoxy) is 4. The standard InChI is InChI=1S/C18H18F3NO6.C18H21F2NO4S.C16H15F4NO8S/c1-12(2)17(25)27-11-10-26-14(23)8-9-15(24)28-22-16(18(19,20)21)13-6-4-3-5-7-13;1-13(2)17(22)25-21-16(14-9-5-3-6-10-14)18(19,20)26(23,24)15-11-7-4-8-12-15;1-10(2)13(22)27-8-9-28-14(23)16(20,24)30(25,26)29-21-12(15(17,18)19)11-6-4-3-5-7-11/h3-7H,1,8-11H2,2H3;3,5-6,9-10,15H,1,4,7-8,11-12H2,2H3;3-7,24H,1,8-9H2,2H3/b22-16+;21-16+;21-12+. The third-order valence-corrected chi connectivity index (χ3v) is 13.6. The number of oxime groups is 3. The van der Waals surface area contributed by atoms with Gasteiger partial charge in [0, 0.05) is 33.4 Å². The van der Waals surface area contributed by atoms with Crippen LogP contribution in [0, 0.1) is 0 Å². The predicted octanol–water partition coefficient (Wildman–Crippen LogP) is 8.37. The lowest BCUT2D eigenvalue weighted by atomic mass is 10.0. The Bertz CT molecular complexity index is 3130. The van der Waals surface area contributed by atoms with E-state index in [4.69, 9.17) is 4.74 Å². The summed E-state index contributed by atoms with van der Waals surface area (Å²) in [6.07, 6.45) is -8.65. The lowest BCUT2D eigenvalue weighted by Crippen LogP contribution is -2.45. The van der Waals surface area contributed by atoms with E-state index in [2.05, 4.69) is 63.4 Å². The Labute approximate surface area is 474 Å². The molecule has 21 nitrogen and oxygen atoms in total. The van der Waals surface area contributed by atoms with Crippen molar-refractivity contribution in [2.24, 2.45) is 15.5 Å². The molecule has 0 aromatic heterocycles. The summed E-state index contributed by atoms with van der Waals surface area (Å²) in [4.78, 5) is 76.9. The summed E-state index contributed by atoms with van der Waals surface area (Å²) >= 11 is 0. The maximum atomic E-state index is 15.1. The van der Waals surface area contributed by atoms with E-state index in [1.165, 1.54) is 81.4 Å². The smallest absolute Gasteiger partial charge is 0.444 e. The van der Waals surface area contributed by atoms with Crippen LogP contribution < -0.4 is 0 Å². The summed E-state index contributed by atoms with van der Waals surface area (Å²) in [5, 5.41) is 7.38. The van der Waals surface area contributed by atoms with Crippen LogP contribution in [0.4, 0.5) is 39.5 Å². The summed E-state index contributed by atoms with van der Waals surface area (Å²) < 4.78 is 192. The van der Waals surface area contributed by atoms with Gasteiger partial charge in [-0.1, -0.05) is 145 Å². The van der Waals surface area contributed by atoms with Gasteiger partial charge in [-0.05, 0) is 33.6 Å². The average molecular weight is 1240 g/mol. The summed E-state index contributed by atoms with van der Waals surface area (Å²) in [6, 6.07) is 19.2. The molecule has 1 aliphatic carbocycles. The maximum Gasteiger partial charge on any atom is 0.444 e. The van der Waals surface area contributed by atoms with Gasteiger partial charge in [0.1, 0.15) is 26.4 Å². The third-order valence-electron chi connectivity index (χ3n) is 10.3. The quantitative estimate of drug-likeness (QED) is 0.0129. The summed E-state index contributed by atoms with van der Waals surface area (Å²) in [6.45, 7) is 12.0. The van der Waals surface area contributed by atoms with Crippen molar-refractivity contribution in [3.63, 3.8) is 0 Å². The largest absolute Gasteiger partial charge is 0.462 e. The van der Waals surface area contributed by atoms with Crippen molar-refractivity contribution >= 4 is 72.9 Å². The van der Waals surface area contributed by atoms with E-state index in [-0.39, 0.29) is 53.9 Å². The molecule has 3 aromatic carbocycles. The zero-order chi connectivity index (χ0) is 63.7. The number of alkyl halides is 9. The second-order valence-corrected chi connectivity index (χ2v) is 21.0. The van der Waals surface area contributed by atoms with Gasteiger partial charge in [0.15, 0.2) is 17.1 Å². The zero-order valence-corrected chi connectivity index (χ0v) is 46.2. The molecular weight excluding hydrogens is 1190 g/mol. The number of benzene rings is 3. The number of hydrogen-bond acceptors (Lipinski definition) is 21. The van der Waals surface area contributed by atoms with Gasteiger partial charge >= 0.3 is 68.7 Å². The van der Waals surface area contributed by atoms with Crippen LogP contribution in [0.1, 0.15) is 82.4 Å². The van der Waals surface area contributed by atoms with E-state index in [1.807, 2.05) is 0 Å². The lowest BCUT2D eigenvalue weighted by molar-refractivity contribution is -0.173. The molecule has 1 saturated carbocycles. The first kappa shape index (κ1) is 71.8. The van der Waals surface area contributed by atoms with Crippen LogP contribution in [-0.2, 0) is 81.6 Å². The number of carbonyl (C=O) groups excluding carboxylic acids is 6. The van der Waals surface area contributed by atoms with Crippen molar-refractivity contribution in [1.29, 1.82) is 0 Å². The monoisotopic (exact) mass is 1240 g/mol. The molecule has 0 amide bonds. The summed E-state index contributed by atoms with van der Waals surface area (Å²) in [5.74, 6) is -6.94. The molecule has 4 rings (SSSR count). The van der Waals surface area contributed by atoms with Crippen molar-refractivity contribution in [3.05, 3.63) is 144 Å². The Morgan fingerprint density at radius 2 is 0.881 bits per heavy atom. The fourth-order valence-electron chi connectivity index (χ4n) is 6.03. The Hall–Kier alpha value is -8.26. The molecule has 0 aliphatic heterocycles. The van der Waals surface area contributed by atoms with Crippen LogP contribution in [0.25, 0.3) is 0 Å². The number of esters is 4. The second kappa shape index (κ2) is 32.5. The van der Waals surface area contributed by atoms with Crippen molar-refractivity contribution < 1.29 is 123 Å². The van der Waals surface area contributed by atoms with Crippen LogP contribution in [0.5, 0.6) is 0 Å². The minimum absolute atomic E-state index is 0.0175. The van der Waals surface area contributed by atoms with Gasteiger partial charge in [-0.25, -0.2) is 32.4 Å². The second-order valence-electron chi connectivity index (χ2n) is 17.1. The predicted molar refractivity (Wildman–Crippen MR) is 278 cm³/mol. The number of carbonyl (C=O) groups is 6. The molecule has 1 N–H and O–H groups in total. The lowest BCUT2D eigenvalue weighted by Gasteiger charge is -2.27. The molecule has 460 valence electrons. The normalized spacial score (nSPS) is 14.2. The molecule has 0 radical (unpaired) electrons. The highest BCUT2D eigenvalue weighted by molar-refractivity contribution is 7.93. The molecule has 0 bridgehead atoms. The van der Waals surface area contributed by atoms with Crippen LogP contribution in [0.15, 0.2) is 143 Å². The highest BCUT2D eigenvalue weighted by Crippen LogP contribution is 2.37. The van der Waals surface area contributed by atoms with Gasteiger partial charge in [0.25, 0.3) is 0 Å². The molecular formula is C52H54F9N3O18S2. The van der Waals surface area contributed by atoms with Crippen LogP contribution >= 0.6 is 0 Å². The first-order valence-corrected chi connectivity index (χ1v) is 27.0. The molecule has 0 heterocycles. The average Bonchev–Trinajstić information content (AvgIpc) is 1.43. The number of aliphatic hydroxyl groups is 1. The first-order chi connectivity index (χ1) is 39.0. The molecule has 1 atom stereocenters. The van der Waals surface area contributed by atoms with Gasteiger partial charge < -0.3 is 33.7 Å². The molecule has 1 aliphatic rings. The van der Waals surface area contributed by atoms with Gasteiger partial charge in [-0.2, -0.15) is 47.9 Å². The Morgan fingerprint density at radius 1 is 0.512 bits per heavy atom. The molecule has 0 saturated heterocycles. The van der Waals surface area contributed by atoms with Crippen LogP contribution in [-0.4, -0.2) is 129 Å². The van der Waals surface area contributed by atoms with Gasteiger partial charge in [-0.15, -0.1) is 0 Å². The number of halogens is 9. The van der Waals surface area contributed by atoms with Crippen molar-refractivity contribution in [2.75, 3.05) is 26.4 Å². The third kappa shape index (κ3) is 22.8. The van der Waals surface area contributed by atoms with E-state index in [1.54, 1.807) is 6.07 Å². The minimum atomic E-state index is -6.08. The zero-order valence-electron chi connectivity index (χ0n) is 44.6. The summed E-state index contributed by atoms with van der Waals surface area (Å²) in [7, 11) is -10.9. The number of nitrogens with zero attached hydrogens (tertiary/aromatic N) is 3. The number of sulfone groups is 1. The minimum Gasteiger partial charge on any atom is -0.462 e. The van der Waals surface area contributed by atoms with Crippen LogP contribution in [0.2, 0.25) is 0 Å². The van der Waals surface area contributed by atoms with E-state index >= 15 is 8.78 Å². The maximum absolute atomic E-state index is 15.1. The van der Waals surface area contributed by atoms with Gasteiger partial charge in [0.05, 0.1) is 18.1 Å². The molecule has 3 aromatic rings. The highest BCUT2D eigenvalue weighted by Gasteiger charge is 2.56. The fourth-order valence-corrected chi connectivity index (χ4v) is 8.36. The van der Waals surface area contributed by atoms with E-state index < -0.39 is 133 Å². The van der Waals surface area contributed by atoms with E-state index in [0.29, 0.717) is 12.8 Å². The van der Waals surface area contributed by atoms with Crippen molar-refractivity contribution in [1.82, 2.24) is 0 Å². The van der Waals surface area contributed by atoms with Crippen molar-refractivity contribution in [2.45, 2.75) is 93.8 Å². The van der Waals surface area contributed by atoms with Crippen molar-refractivity contribution in [3.8, 4) is 0 Å². The number of rotatable bonds is 24. The highest BCUT2D eigenvalue weighted by atomic mass is 32.2. The topological polar surface area (TPSA) is 293 Å². The summed E-state index contributed by atoms with van der Waals surface area (Å²) in [5.41, 5.74) is -5.26. The van der Waals surface area contributed by atoms with Crippen LogP contribution in [0.3, 0.4) is 0 Å². The Morgan fingerprint density at radius 3 is 1.30 bits per heavy atom. The van der Waals surface area contributed by atoms with Gasteiger partial charge in [0.2, 0.25) is 9.84 Å². The molecule has 0 spiro atoms. The number of hydrogen-bond donors (Lipinski definition) is 1. The molecule has 1 unspecified atom stereocenters. The molecule has 32 heteroatoms. The Balaban J connectivity index is 0.000000431. The van der Waals surface area contributed by atoms with E-state index in [9.17, 15) is 81.4 Å². The first-order valence-electron chi connectivity index (χ1n) is 24.0. The SMILES string of the molecule is C=C(C)C(=O)O/N=C(\c1ccccc1)C(F)(F)S(=O)(=O)C1CCCCC1.C=C(C)C(=O)OCCOC(=O)C(O)(F)S(=O)(=O)O/N=C(\c1ccccc1)C(F)(F)F.C=C(C)C(=O)OCCOC(=O)CCC(=O)O/N=C(\c1ccccc1)C(F)(F)F. The fraction of sp³-hybridized carbons (Fsp3) is 0.365.